The number of hydrogen-bond donors (Lipinski definition) is 1. The Balaban J connectivity index is 2.15. The molecule has 0 unspecified atom stereocenters. The van der Waals surface area contributed by atoms with Crippen LogP contribution in [0.15, 0.2) is 36.8 Å². The molecule has 5 heteroatoms. The average molecular weight is 264 g/mol. The minimum atomic E-state index is 0.506. The zero-order valence-corrected chi connectivity index (χ0v) is 10.9. The molecule has 1 aromatic carbocycles. The van der Waals surface area contributed by atoms with E-state index in [1.54, 1.807) is 12.1 Å². The summed E-state index contributed by atoms with van der Waals surface area (Å²) in [6, 6.07) is 9.58. The molecule has 0 aliphatic heterocycles. The Labute approximate surface area is 115 Å². The molecular weight excluding hydrogens is 252 g/mol. The lowest BCUT2D eigenvalue weighted by molar-refractivity contribution is 0.339. The quantitative estimate of drug-likeness (QED) is 0.789. The van der Waals surface area contributed by atoms with Crippen LogP contribution in [0, 0.1) is 11.3 Å². The Hall–Kier alpha value is -2.87. The van der Waals surface area contributed by atoms with Gasteiger partial charge in [0.15, 0.2) is 0 Å². The third-order valence-corrected chi connectivity index (χ3v) is 3.03. The summed E-state index contributed by atoms with van der Waals surface area (Å²) in [6.07, 6.45) is 3.33. The van der Waals surface area contributed by atoms with E-state index in [0.29, 0.717) is 17.9 Å². The first-order chi connectivity index (χ1) is 9.83. The third-order valence-electron chi connectivity index (χ3n) is 3.03. The van der Waals surface area contributed by atoms with E-state index in [2.05, 4.69) is 21.0 Å². The Kier molecular flexibility index (Phi) is 3.05. The molecule has 0 fully saturated rings. The van der Waals surface area contributed by atoms with Crippen LogP contribution in [-0.4, -0.2) is 21.6 Å². The first kappa shape index (κ1) is 12.2. The molecule has 0 amide bonds. The van der Waals surface area contributed by atoms with E-state index >= 15 is 0 Å². The van der Waals surface area contributed by atoms with Crippen molar-refractivity contribution in [3.05, 3.63) is 42.4 Å². The highest BCUT2D eigenvalue weighted by Gasteiger charge is 2.10. The van der Waals surface area contributed by atoms with Gasteiger partial charge in [-0.2, -0.15) is 5.26 Å². The number of aromatic amines is 1. The Morgan fingerprint density at radius 3 is 3.00 bits per heavy atom. The lowest BCUT2D eigenvalue weighted by Crippen LogP contribution is -1.95. The molecule has 2 aromatic heterocycles. The van der Waals surface area contributed by atoms with Gasteiger partial charge in [0.1, 0.15) is 23.8 Å². The monoisotopic (exact) mass is 264 g/mol. The molecular formula is C15H12N4O. The predicted octanol–water partition coefficient (Wildman–Crippen LogP) is 2.90. The van der Waals surface area contributed by atoms with E-state index in [-0.39, 0.29) is 0 Å². The van der Waals surface area contributed by atoms with Crippen LogP contribution in [-0.2, 0) is 0 Å². The van der Waals surface area contributed by atoms with E-state index in [0.717, 1.165) is 22.3 Å². The number of nitrogens with one attached hydrogen (secondary N) is 1. The maximum absolute atomic E-state index is 9.22. The molecule has 0 spiro atoms. The van der Waals surface area contributed by atoms with E-state index in [1.807, 2.05) is 25.3 Å². The fourth-order valence-corrected chi connectivity index (χ4v) is 2.15. The highest BCUT2D eigenvalue weighted by molar-refractivity contribution is 5.90. The lowest BCUT2D eigenvalue weighted by Gasteiger charge is -2.07. The van der Waals surface area contributed by atoms with Gasteiger partial charge in [0, 0.05) is 17.1 Å². The van der Waals surface area contributed by atoms with Crippen LogP contribution >= 0.6 is 0 Å². The molecule has 0 radical (unpaired) electrons. The standard InChI is InChI=1S/C15H12N4O/c1-2-20-13-4-3-10(7-11(13)8-16)14-12-5-6-17-15(12)19-9-18-14/h3-7,9H,2H2,1H3,(H,17,18,19). The number of hydrogen-bond acceptors (Lipinski definition) is 4. The maximum Gasteiger partial charge on any atom is 0.141 e. The van der Waals surface area contributed by atoms with Crippen LogP contribution in [0.25, 0.3) is 22.3 Å². The van der Waals surface area contributed by atoms with Crippen molar-refractivity contribution in [2.45, 2.75) is 6.92 Å². The van der Waals surface area contributed by atoms with Gasteiger partial charge in [-0.1, -0.05) is 0 Å². The summed E-state index contributed by atoms with van der Waals surface area (Å²) in [5, 5.41) is 10.2. The first-order valence-corrected chi connectivity index (χ1v) is 6.29. The van der Waals surface area contributed by atoms with E-state index < -0.39 is 0 Å². The first-order valence-electron chi connectivity index (χ1n) is 6.29. The summed E-state index contributed by atoms with van der Waals surface area (Å²) < 4.78 is 5.43. The molecule has 3 aromatic rings. The molecule has 5 nitrogen and oxygen atoms in total. The number of rotatable bonds is 3. The highest BCUT2D eigenvalue weighted by Crippen LogP contribution is 2.29. The van der Waals surface area contributed by atoms with Crippen LogP contribution < -0.4 is 4.74 Å². The number of H-pyrrole nitrogens is 1. The summed E-state index contributed by atoms with van der Waals surface area (Å²) in [5.74, 6) is 0.595. The molecule has 20 heavy (non-hydrogen) atoms. The Bertz CT molecular complexity index is 801. The zero-order valence-electron chi connectivity index (χ0n) is 10.9. The third kappa shape index (κ3) is 1.97. The molecule has 0 aliphatic carbocycles. The fourth-order valence-electron chi connectivity index (χ4n) is 2.15. The van der Waals surface area contributed by atoms with Gasteiger partial charge in [0.2, 0.25) is 0 Å². The molecule has 0 bridgehead atoms. The van der Waals surface area contributed by atoms with Gasteiger partial charge >= 0.3 is 0 Å². The number of nitriles is 1. The SMILES string of the molecule is CCOc1ccc(-c2ncnc3[nH]ccc23)cc1C#N. The maximum atomic E-state index is 9.22. The Morgan fingerprint density at radius 1 is 1.30 bits per heavy atom. The molecule has 0 saturated carbocycles. The van der Waals surface area contributed by atoms with Gasteiger partial charge in [0.25, 0.3) is 0 Å². The minimum Gasteiger partial charge on any atom is -0.492 e. The van der Waals surface area contributed by atoms with Crippen LogP contribution in [0.3, 0.4) is 0 Å². The summed E-state index contributed by atoms with van der Waals surface area (Å²) in [6.45, 7) is 2.42. The second-order valence-corrected chi connectivity index (χ2v) is 4.22. The second-order valence-electron chi connectivity index (χ2n) is 4.22. The van der Waals surface area contributed by atoms with E-state index in [9.17, 15) is 5.26 Å². The van der Waals surface area contributed by atoms with Crippen molar-refractivity contribution in [2.75, 3.05) is 6.61 Å². The fraction of sp³-hybridized carbons (Fsp3) is 0.133. The van der Waals surface area contributed by atoms with Gasteiger partial charge < -0.3 is 9.72 Å². The molecule has 98 valence electrons. The highest BCUT2D eigenvalue weighted by atomic mass is 16.5. The van der Waals surface area contributed by atoms with E-state index in [4.69, 9.17) is 4.74 Å². The van der Waals surface area contributed by atoms with Crippen LogP contribution in [0.1, 0.15) is 12.5 Å². The largest absolute Gasteiger partial charge is 0.492 e. The van der Waals surface area contributed by atoms with Gasteiger partial charge in [-0.15, -0.1) is 0 Å². The second kappa shape index (κ2) is 5.02. The molecule has 3 rings (SSSR count). The molecule has 1 N–H and O–H groups in total. The van der Waals surface area contributed by atoms with Crippen molar-refractivity contribution in [3.63, 3.8) is 0 Å². The zero-order chi connectivity index (χ0) is 13.9. The number of benzene rings is 1. The van der Waals surface area contributed by atoms with Gasteiger partial charge in [-0.3, -0.25) is 0 Å². The van der Waals surface area contributed by atoms with Crippen molar-refractivity contribution in [1.82, 2.24) is 15.0 Å². The van der Waals surface area contributed by atoms with Crippen molar-refractivity contribution in [1.29, 1.82) is 5.26 Å². The van der Waals surface area contributed by atoms with Crippen LogP contribution in [0.4, 0.5) is 0 Å². The Morgan fingerprint density at radius 2 is 2.20 bits per heavy atom. The minimum absolute atomic E-state index is 0.506. The summed E-state index contributed by atoms with van der Waals surface area (Å²) in [5.41, 5.74) is 2.96. The molecule has 0 atom stereocenters. The summed E-state index contributed by atoms with van der Waals surface area (Å²) in [7, 11) is 0. The van der Waals surface area contributed by atoms with Crippen molar-refractivity contribution in [2.24, 2.45) is 0 Å². The number of aromatic nitrogens is 3. The van der Waals surface area contributed by atoms with Crippen molar-refractivity contribution in [3.8, 4) is 23.1 Å². The number of ether oxygens (including phenoxy) is 1. The van der Waals surface area contributed by atoms with E-state index in [1.165, 1.54) is 6.33 Å². The smallest absolute Gasteiger partial charge is 0.141 e. The summed E-state index contributed by atoms with van der Waals surface area (Å²) in [4.78, 5) is 11.5. The lowest BCUT2D eigenvalue weighted by atomic mass is 10.1. The molecule has 2 heterocycles. The van der Waals surface area contributed by atoms with Crippen molar-refractivity contribution >= 4 is 11.0 Å². The predicted molar refractivity (Wildman–Crippen MR) is 75.2 cm³/mol. The molecule has 0 aliphatic rings. The van der Waals surface area contributed by atoms with Crippen LogP contribution in [0.2, 0.25) is 0 Å². The normalized spacial score (nSPS) is 10.4. The average Bonchev–Trinajstić information content (AvgIpc) is 2.96. The van der Waals surface area contributed by atoms with Crippen molar-refractivity contribution < 1.29 is 4.74 Å². The number of nitrogens with zero attached hydrogens (tertiary/aromatic N) is 3. The number of fused-ring (bicyclic) bond motifs is 1. The van der Waals surface area contributed by atoms with Crippen LogP contribution in [0.5, 0.6) is 5.75 Å². The topological polar surface area (TPSA) is 74.6 Å². The van der Waals surface area contributed by atoms with Gasteiger partial charge in [0.05, 0.1) is 17.9 Å². The molecule has 0 saturated heterocycles. The van der Waals surface area contributed by atoms with Gasteiger partial charge in [-0.05, 0) is 31.2 Å². The summed E-state index contributed by atoms with van der Waals surface area (Å²) >= 11 is 0. The van der Waals surface area contributed by atoms with Gasteiger partial charge in [-0.25, -0.2) is 9.97 Å².